The van der Waals surface area contributed by atoms with E-state index in [1.807, 2.05) is 30.3 Å². The fraction of sp³-hybridized carbons (Fsp3) is 0.500. The van der Waals surface area contributed by atoms with Crippen LogP contribution in [0.1, 0.15) is 30.9 Å². The smallest absolute Gasteiger partial charge is 0.194 e. The summed E-state index contributed by atoms with van der Waals surface area (Å²) in [5.41, 5.74) is 2.60. The maximum Gasteiger partial charge on any atom is 0.194 e. The molecule has 2 aromatic rings. The summed E-state index contributed by atoms with van der Waals surface area (Å²) in [6.45, 7) is 10.3. The van der Waals surface area contributed by atoms with Crippen LogP contribution < -0.4 is 10.1 Å². The van der Waals surface area contributed by atoms with Gasteiger partial charge in [0, 0.05) is 52.1 Å². The van der Waals surface area contributed by atoms with Gasteiger partial charge in [0.15, 0.2) is 5.96 Å². The van der Waals surface area contributed by atoms with Crippen LogP contribution in [0.3, 0.4) is 0 Å². The van der Waals surface area contributed by atoms with Crippen LogP contribution >= 0.6 is 0 Å². The first-order valence-electron chi connectivity index (χ1n) is 11.9. The predicted molar refractivity (Wildman–Crippen MR) is 129 cm³/mol. The van der Waals surface area contributed by atoms with E-state index in [0.717, 1.165) is 77.0 Å². The molecule has 2 fully saturated rings. The van der Waals surface area contributed by atoms with Crippen molar-refractivity contribution in [1.82, 2.24) is 15.1 Å². The lowest BCUT2D eigenvalue weighted by atomic mass is 10.1. The van der Waals surface area contributed by atoms with E-state index in [9.17, 15) is 0 Å². The Morgan fingerprint density at radius 2 is 1.66 bits per heavy atom. The van der Waals surface area contributed by atoms with E-state index >= 15 is 0 Å². The van der Waals surface area contributed by atoms with Crippen LogP contribution in [-0.4, -0.2) is 67.8 Å². The molecule has 0 atom stereocenters. The number of likely N-dealkylation sites (tertiary alicyclic amines) is 1. The lowest BCUT2D eigenvalue weighted by Crippen LogP contribution is -2.47. The fourth-order valence-corrected chi connectivity index (χ4v) is 4.24. The lowest BCUT2D eigenvalue weighted by Gasteiger charge is -2.34. The third-order valence-corrected chi connectivity index (χ3v) is 6.07. The standard InChI is InChI=1S/C26H36N4O2/c1-2-27-26(30-14-12-25(13-15-30)32-24-6-4-3-5-7-24)28-20-22-8-10-23(11-9-22)21-29-16-18-31-19-17-29/h3-11,25H,2,12-21H2,1H3,(H,27,28). The van der Waals surface area contributed by atoms with Gasteiger partial charge in [0.05, 0.1) is 19.8 Å². The number of nitrogens with one attached hydrogen (secondary N) is 1. The summed E-state index contributed by atoms with van der Waals surface area (Å²) in [6.07, 6.45) is 2.29. The molecule has 0 spiro atoms. The molecule has 0 unspecified atom stereocenters. The molecule has 2 aromatic carbocycles. The van der Waals surface area contributed by atoms with Crippen LogP contribution in [0.15, 0.2) is 59.6 Å². The number of guanidine groups is 1. The average molecular weight is 437 g/mol. The van der Waals surface area contributed by atoms with Crippen molar-refractivity contribution < 1.29 is 9.47 Å². The summed E-state index contributed by atoms with van der Waals surface area (Å²) >= 11 is 0. The number of rotatable bonds is 7. The number of para-hydroxylation sites is 1. The van der Waals surface area contributed by atoms with Crippen molar-refractivity contribution in [2.24, 2.45) is 4.99 Å². The number of nitrogens with zero attached hydrogens (tertiary/aromatic N) is 3. The molecule has 2 aliphatic heterocycles. The van der Waals surface area contributed by atoms with Crippen LogP contribution in [-0.2, 0) is 17.8 Å². The summed E-state index contributed by atoms with van der Waals surface area (Å²) in [4.78, 5) is 9.74. The highest BCUT2D eigenvalue weighted by atomic mass is 16.5. The molecule has 2 heterocycles. The topological polar surface area (TPSA) is 49.3 Å². The molecule has 0 aliphatic carbocycles. The van der Waals surface area contributed by atoms with Crippen LogP contribution in [0.2, 0.25) is 0 Å². The first kappa shape index (κ1) is 22.6. The van der Waals surface area contributed by atoms with Gasteiger partial charge in [-0.05, 0) is 30.2 Å². The molecule has 4 rings (SSSR count). The van der Waals surface area contributed by atoms with Crippen molar-refractivity contribution >= 4 is 5.96 Å². The highest BCUT2D eigenvalue weighted by Gasteiger charge is 2.22. The van der Waals surface area contributed by atoms with Gasteiger partial charge in [-0.3, -0.25) is 4.90 Å². The zero-order valence-electron chi connectivity index (χ0n) is 19.2. The number of piperidine rings is 1. The molecular weight excluding hydrogens is 400 g/mol. The largest absolute Gasteiger partial charge is 0.490 e. The molecule has 0 radical (unpaired) electrons. The Labute approximate surface area is 192 Å². The highest BCUT2D eigenvalue weighted by molar-refractivity contribution is 5.80. The number of benzene rings is 2. The zero-order chi connectivity index (χ0) is 22.0. The van der Waals surface area contributed by atoms with Crippen molar-refractivity contribution in [3.8, 4) is 5.75 Å². The SMILES string of the molecule is CCNC(=NCc1ccc(CN2CCOCC2)cc1)N1CCC(Oc2ccccc2)CC1. The molecule has 1 N–H and O–H groups in total. The van der Waals surface area contributed by atoms with Gasteiger partial charge in [0.1, 0.15) is 11.9 Å². The number of aliphatic imine (C=N–C) groups is 1. The zero-order valence-corrected chi connectivity index (χ0v) is 19.2. The summed E-state index contributed by atoms with van der Waals surface area (Å²) in [6, 6.07) is 19.0. The maximum atomic E-state index is 6.14. The Balaban J connectivity index is 1.28. The number of morpholine rings is 1. The molecule has 0 aromatic heterocycles. The second kappa shape index (κ2) is 11.9. The fourth-order valence-electron chi connectivity index (χ4n) is 4.24. The minimum atomic E-state index is 0.274. The summed E-state index contributed by atoms with van der Waals surface area (Å²) in [5.74, 6) is 1.96. The summed E-state index contributed by atoms with van der Waals surface area (Å²) in [5, 5.41) is 3.47. The highest BCUT2D eigenvalue weighted by Crippen LogP contribution is 2.19. The Morgan fingerprint density at radius 1 is 0.969 bits per heavy atom. The molecule has 0 bridgehead atoms. The Bertz CT molecular complexity index is 827. The van der Waals surface area contributed by atoms with Gasteiger partial charge in [0.2, 0.25) is 0 Å². The second-order valence-electron chi connectivity index (χ2n) is 8.49. The number of hydrogen-bond donors (Lipinski definition) is 1. The van der Waals surface area contributed by atoms with Crippen LogP contribution in [0, 0.1) is 0 Å². The van der Waals surface area contributed by atoms with Crippen molar-refractivity contribution in [3.05, 3.63) is 65.7 Å². The molecule has 6 heteroatoms. The number of hydrogen-bond acceptors (Lipinski definition) is 4. The summed E-state index contributed by atoms with van der Waals surface area (Å²) in [7, 11) is 0. The van der Waals surface area contributed by atoms with Gasteiger partial charge in [-0.15, -0.1) is 0 Å². The molecular formula is C26H36N4O2. The van der Waals surface area contributed by atoms with Crippen LogP contribution in [0.4, 0.5) is 0 Å². The monoisotopic (exact) mass is 436 g/mol. The average Bonchev–Trinajstić information content (AvgIpc) is 2.85. The normalized spacial score (nSPS) is 18.5. The molecule has 6 nitrogen and oxygen atoms in total. The Hall–Kier alpha value is -2.57. The minimum absolute atomic E-state index is 0.274. The lowest BCUT2D eigenvalue weighted by molar-refractivity contribution is 0.0342. The Morgan fingerprint density at radius 3 is 2.34 bits per heavy atom. The predicted octanol–water partition coefficient (Wildman–Crippen LogP) is 3.53. The number of ether oxygens (including phenoxy) is 2. The van der Waals surface area contributed by atoms with E-state index < -0.39 is 0 Å². The van der Waals surface area contributed by atoms with Crippen molar-refractivity contribution in [1.29, 1.82) is 0 Å². The van der Waals surface area contributed by atoms with Crippen molar-refractivity contribution in [3.63, 3.8) is 0 Å². The van der Waals surface area contributed by atoms with Gasteiger partial charge < -0.3 is 19.7 Å². The molecule has 32 heavy (non-hydrogen) atoms. The second-order valence-corrected chi connectivity index (χ2v) is 8.49. The van der Waals surface area contributed by atoms with E-state index in [4.69, 9.17) is 14.5 Å². The minimum Gasteiger partial charge on any atom is -0.490 e. The van der Waals surface area contributed by atoms with Gasteiger partial charge in [0.25, 0.3) is 0 Å². The quantitative estimate of drug-likeness (QED) is 0.532. The van der Waals surface area contributed by atoms with Crippen molar-refractivity contribution in [2.45, 2.75) is 39.0 Å². The third-order valence-electron chi connectivity index (χ3n) is 6.07. The molecule has 172 valence electrons. The van der Waals surface area contributed by atoms with Crippen LogP contribution in [0.5, 0.6) is 5.75 Å². The van der Waals surface area contributed by atoms with E-state index in [1.54, 1.807) is 0 Å². The van der Waals surface area contributed by atoms with Gasteiger partial charge >= 0.3 is 0 Å². The van der Waals surface area contributed by atoms with Gasteiger partial charge in [-0.1, -0.05) is 42.5 Å². The first-order chi connectivity index (χ1) is 15.8. The van der Waals surface area contributed by atoms with E-state index in [1.165, 1.54) is 11.1 Å². The molecule has 0 amide bonds. The molecule has 2 aliphatic rings. The Kier molecular flexibility index (Phi) is 8.40. The van der Waals surface area contributed by atoms with E-state index in [2.05, 4.69) is 46.3 Å². The van der Waals surface area contributed by atoms with Gasteiger partial charge in [-0.2, -0.15) is 0 Å². The van der Waals surface area contributed by atoms with Crippen LogP contribution in [0.25, 0.3) is 0 Å². The maximum absolute atomic E-state index is 6.14. The third kappa shape index (κ3) is 6.71. The summed E-state index contributed by atoms with van der Waals surface area (Å²) < 4.78 is 11.6. The molecule has 0 saturated carbocycles. The molecule has 2 saturated heterocycles. The van der Waals surface area contributed by atoms with Crippen molar-refractivity contribution in [2.75, 3.05) is 45.9 Å². The van der Waals surface area contributed by atoms with E-state index in [-0.39, 0.29) is 6.10 Å². The first-order valence-corrected chi connectivity index (χ1v) is 11.9. The van der Waals surface area contributed by atoms with Gasteiger partial charge in [-0.25, -0.2) is 4.99 Å². The van der Waals surface area contributed by atoms with E-state index in [0.29, 0.717) is 6.54 Å².